The monoisotopic (exact) mass is 456 g/mol. The summed E-state index contributed by atoms with van der Waals surface area (Å²) in [5, 5.41) is 5.47. The Morgan fingerprint density at radius 2 is 1.61 bits per heavy atom. The van der Waals surface area contributed by atoms with Gasteiger partial charge in [-0.05, 0) is 30.7 Å². The van der Waals surface area contributed by atoms with Crippen LogP contribution in [0.25, 0.3) is 0 Å². The second-order valence-corrected chi connectivity index (χ2v) is 7.60. The van der Waals surface area contributed by atoms with Crippen LogP contribution in [0.2, 0.25) is 0 Å². The third-order valence-electron chi connectivity index (χ3n) is 4.91. The first-order valence-corrected chi connectivity index (χ1v) is 10.5. The normalized spacial score (nSPS) is 12.2. The number of allylic oxidation sites excluding steroid dienone is 2. The molecule has 0 aromatic heterocycles. The maximum absolute atomic E-state index is 12.5. The van der Waals surface area contributed by atoms with Gasteiger partial charge in [-0.15, -0.1) is 6.42 Å². The number of nitrogens with one attached hydrogen (secondary N) is 2. The minimum absolute atomic E-state index is 0.0455. The Bertz CT molecular complexity index is 1270. The van der Waals surface area contributed by atoms with Crippen molar-refractivity contribution < 1.29 is 14.4 Å². The van der Waals surface area contributed by atoms with E-state index >= 15 is 0 Å². The summed E-state index contributed by atoms with van der Waals surface area (Å²) in [6, 6.07) is 21.8. The van der Waals surface area contributed by atoms with Gasteiger partial charge in [0.15, 0.2) is 0 Å². The lowest BCUT2D eigenvalue weighted by molar-refractivity contribution is -0.105. The van der Waals surface area contributed by atoms with Crippen molar-refractivity contribution in [1.82, 2.24) is 5.32 Å². The van der Waals surface area contributed by atoms with Gasteiger partial charge in [0, 0.05) is 28.9 Å². The minimum atomic E-state index is -0.316. The summed E-state index contributed by atoms with van der Waals surface area (Å²) in [7, 11) is 0. The van der Waals surface area contributed by atoms with Gasteiger partial charge < -0.3 is 10.6 Å². The van der Waals surface area contributed by atoms with Crippen LogP contribution in [0.15, 0.2) is 83.5 Å². The minimum Gasteiger partial charge on any atom is -0.376 e. The molecule has 0 aliphatic heterocycles. The fraction of sp³-hybridized carbons (Fsp3) is 0.0741. The van der Waals surface area contributed by atoms with Crippen molar-refractivity contribution in [2.75, 3.05) is 5.32 Å². The van der Waals surface area contributed by atoms with Crippen LogP contribution in [0.4, 0.5) is 5.69 Å². The van der Waals surface area contributed by atoms with E-state index < -0.39 is 0 Å². The molecular formula is C27H21ClN2O3. The molecule has 0 saturated carbocycles. The zero-order chi connectivity index (χ0) is 23.8. The van der Waals surface area contributed by atoms with Crippen LogP contribution in [0, 0.1) is 19.3 Å². The fourth-order valence-corrected chi connectivity index (χ4v) is 3.42. The third-order valence-corrected chi connectivity index (χ3v) is 5.27. The van der Waals surface area contributed by atoms with E-state index in [1.807, 2.05) is 31.2 Å². The van der Waals surface area contributed by atoms with E-state index in [4.69, 9.17) is 18.0 Å². The molecule has 0 spiro atoms. The Kier molecular flexibility index (Phi) is 7.80. The van der Waals surface area contributed by atoms with Crippen LogP contribution in [-0.2, 0) is 11.3 Å². The van der Waals surface area contributed by atoms with Crippen LogP contribution < -0.4 is 10.6 Å². The maximum Gasteiger partial charge on any atom is 0.211 e. The summed E-state index contributed by atoms with van der Waals surface area (Å²) in [6.45, 7) is 2.45. The predicted octanol–water partition coefficient (Wildman–Crippen LogP) is 4.85. The lowest BCUT2D eigenvalue weighted by atomic mass is 9.92. The molecule has 2 N–H and O–H groups in total. The number of hydrogen-bond acceptors (Lipinski definition) is 4. The lowest BCUT2D eigenvalue weighted by Gasteiger charge is -2.18. The van der Waals surface area contributed by atoms with E-state index in [1.54, 1.807) is 48.5 Å². The van der Waals surface area contributed by atoms with E-state index in [2.05, 4.69) is 16.6 Å². The van der Waals surface area contributed by atoms with Gasteiger partial charge >= 0.3 is 0 Å². The topological polar surface area (TPSA) is 75.3 Å². The molecule has 0 atom stereocenters. The highest BCUT2D eigenvalue weighted by molar-refractivity contribution is 6.49. The van der Waals surface area contributed by atoms with E-state index in [0.717, 1.165) is 16.8 Å². The molecule has 6 heteroatoms. The summed E-state index contributed by atoms with van der Waals surface area (Å²) in [5.41, 5.74) is 4.58. The van der Waals surface area contributed by atoms with E-state index in [0.29, 0.717) is 24.1 Å². The van der Waals surface area contributed by atoms with E-state index in [1.165, 1.54) is 5.56 Å². The average Bonchev–Trinajstić information content (AvgIpc) is 2.84. The highest BCUT2D eigenvalue weighted by atomic mass is 35.5. The van der Waals surface area contributed by atoms with Crippen LogP contribution in [0.5, 0.6) is 0 Å². The SMILES string of the molecule is C#Cc1cccc(NC=O)c1.Cc1ccc(CNC2=C(Cl)C(=O)c3ccccc3C2=O)cc1. The van der Waals surface area contributed by atoms with Crippen molar-refractivity contribution in [3.8, 4) is 12.3 Å². The first kappa shape index (κ1) is 23.5. The number of hydrogen-bond donors (Lipinski definition) is 2. The Morgan fingerprint density at radius 1 is 0.939 bits per heavy atom. The Labute approximate surface area is 197 Å². The molecule has 4 rings (SSSR count). The summed E-state index contributed by atoms with van der Waals surface area (Å²) < 4.78 is 0. The van der Waals surface area contributed by atoms with Crippen molar-refractivity contribution >= 4 is 35.3 Å². The van der Waals surface area contributed by atoms with Crippen molar-refractivity contribution in [1.29, 1.82) is 0 Å². The number of carbonyl (C=O) groups is 3. The molecule has 33 heavy (non-hydrogen) atoms. The number of Topliss-reactive ketones (excluding diaryl/α,β-unsaturated/α-hetero) is 2. The first-order valence-electron chi connectivity index (χ1n) is 10.1. The molecule has 3 aromatic carbocycles. The lowest BCUT2D eigenvalue weighted by Crippen LogP contribution is -2.28. The second-order valence-electron chi connectivity index (χ2n) is 7.22. The van der Waals surface area contributed by atoms with Crippen LogP contribution in [-0.4, -0.2) is 18.0 Å². The fourth-order valence-electron chi connectivity index (χ4n) is 3.17. The van der Waals surface area contributed by atoms with Gasteiger partial charge in [-0.25, -0.2) is 0 Å². The quantitative estimate of drug-likeness (QED) is 0.425. The molecule has 0 saturated heterocycles. The molecule has 1 amide bonds. The van der Waals surface area contributed by atoms with Crippen molar-refractivity contribution in [2.24, 2.45) is 0 Å². The van der Waals surface area contributed by atoms with Crippen LogP contribution in [0.3, 0.4) is 0 Å². The average molecular weight is 457 g/mol. The van der Waals surface area contributed by atoms with Crippen molar-refractivity contribution in [3.05, 3.63) is 111 Å². The zero-order valence-corrected chi connectivity index (χ0v) is 18.6. The number of halogens is 1. The summed E-state index contributed by atoms with van der Waals surface area (Å²) in [5.74, 6) is 1.91. The Hall–Kier alpha value is -4.14. The van der Waals surface area contributed by atoms with Crippen LogP contribution >= 0.6 is 11.6 Å². The van der Waals surface area contributed by atoms with Gasteiger partial charge in [0.05, 0.1) is 0 Å². The van der Waals surface area contributed by atoms with Crippen molar-refractivity contribution in [3.63, 3.8) is 0 Å². The molecule has 0 fully saturated rings. The van der Waals surface area contributed by atoms with Gasteiger partial charge in [-0.3, -0.25) is 14.4 Å². The zero-order valence-electron chi connectivity index (χ0n) is 17.9. The molecule has 1 aliphatic carbocycles. The van der Waals surface area contributed by atoms with Gasteiger partial charge in [0.2, 0.25) is 18.0 Å². The van der Waals surface area contributed by atoms with Crippen molar-refractivity contribution in [2.45, 2.75) is 13.5 Å². The number of fused-ring (bicyclic) bond motifs is 1. The molecule has 0 bridgehead atoms. The number of amides is 1. The maximum atomic E-state index is 12.5. The number of carbonyl (C=O) groups excluding carboxylic acids is 3. The summed E-state index contributed by atoms with van der Waals surface area (Å²) in [4.78, 5) is 34.7. The number of ketones is 2. The highest BCUT2D eigenvalue weighted by Gasteiger charge is 2.30. The molecule has 0 unspecified atom stereocenters. The number of terminal acetylenes is 1. The largest absolute Gasteiger partial charge is 0.376 e. The standard InChI is InChI=1S/C18H14ClNO2.C9H7NO/c1-11-6-8-12(9-7-11)10-20-16-15(19)17(21)13-4-2-3-5-14(13)18(16)22;1-2-8-4-3-5-9(6-8)10-7-11/h2-9,20H,10H2,1H3;1,3-7H,(H,10,11). The molecule has 3 aromatic rings. The molecule has 1 aliphatic rings. The van der Waals surface area contributed by atoms with Gasteiger partial charge in [-0.1, -0.05) is 77.7 Å². The van der Waals surface area contributed by atoms with Crippen LogP contribution in [0.1, 0.15) is 37.4 Å². The predicted molar refractivity (Wildman–Crippen MR) is 130 cm³/mol. The molecule has 5 nitrogen and oxygen atoms in total. The van der Waals surface area contributed by atoms with Gasteiger partial charge in [-0.2, -0.15) is 0 Å². The summed E-state index contributed by atoms with van der Waals surface area (Å²) in [6.07, 6.45) is 5.77. The number of aryl methyl sites for hydroxylation is 1. The number of rotatable bonds is 5. The second kappa shape index (κ2) is 10.9. The summed E-state index contributed by atoms with van der Waals surface area (Å²) >= 11 is 6.09. The molecule has 0 radical (unpaired) electrons. The Balaban J connectivity index is 0.000000235. The third kappa shape index (κ3) is 5.76. The molecular weight excluding hydrogens is 436 g/mol. The highest BCUT2D eigenvalue weighted by Crippen LogP contribution is 2.27. The van der Waals surface area contributed by atoms with Gasteiger partial charge in [0.25, 0.3) is 0 Å². The number of benzene rings is 3. The smallest absolute Gasteiger partial charge is 0.211 e. The number of anilines is 1. The van der Waals surface area contributed by atoms with Gasteiger partial charge in [0.1, 0.15) is 10.7 Å². The molecule has 0 heterocycles. The van der Waals surface area contributed by atoms with E-state index in [-0.39, 0.29) is 22.3 Å². The Morgan fingerprint density at radius 3 is 2.24 bits per heavy atom. The van der Waals surface area contributed by atoms with E-state index in [9.17, 15) is 14.4 Å². The first-order chi connectivity index (χ1) is 15.9. The molecule has 164 valence electrons.